The van der Waals surface area contributed by atoms with Crippen molar-refractivity contribution in [2.24, 2.45) is 0 Å². The fourth-order valence-corrected chi connectivity index (χ4v) is 1.50. The van der Waals surface area contributed by atoms with Crippen molar-refractivity contribution in [3.63, 3.8) is 0 Å². The van der Waals surface area contributed by atoms with Crippen LogP contribution in [0, 0.1) is 11.3 Å². The van der Waals surface area contributed by atoms with Gasteiger partial charge in [-0.2, -0.15) is 5.26 Å². The number of nitriles is 1. The molecule has 0 aromatic heterocycles. The molecule has 0 saturated heterocycles. The Morgan fingerprint density at radius 2 is 2.31 bits per heavy atom. The number of nitrogens with zero attached hydrogens (tertiary/aromatic N) is 1. The number of ether oxygens (including phenoxy) is 1. The van der Waals surface area contributed by atoms with Gasteiger partial charge in [0.15, 0.2) is 0 Å². The van der Waals surface area contributed by atoms with Gasteiger partial charge in [-0.1, -0.05) is 19.1 Å². The van der Waals surface area contributed by atoms with Gasteiger partial charge >= 0.3 is 0 Å². The molecule has 1 N–H and O–H groups in total. The molecule has 1 unspecified atom stereocenters. The van der Waals surface area contributed by atoms with Crippen molar-refractivity contribution in [2.75, 3.05) is 7.05 Å². The lowest BCUT2D eigenvalue weighted by atomic mass is 10.2. The van der Waals surface area contributed by atoms with Crippen molar-refractivity contribution >= 4 is 0 Å². The third kappa shape index (κ3) is 3.92. The molecule has 0 radical (unpaired) electrons. The summed E-state index contributed by atoms with van der Waals surface area (Å²) in [6, 6.07) is 10.1. The van der Waals surface area contributed by atoms with Crippen LogP contribution in [0.15, 0.2) is 24.3 Å². The summed E-state index contributed by atoms with van der Waals surface area (Å²) in [5.74, 6) is 0.842. The van der Waals surface area contributed by atoms with Gasteiger partial charge in [-0.15, -0.1) is 0 Å². The highest BCUT2D eigenvalue weighted by atomic mass is 16.5. The lowest BCUT2D eigenvalue weighted by molar-refractivity contribution is 0.202. The Hall–Kier alpha value is -1.53. The fourth-order valence-electron chi connectivity index (χ4n) is 1.50. The van der Waals surface area contributed by atoms with E-state index >= 15 is 0 Å². The molecule has 16 heavy (non-hydrogen) atoms. The minimum atomic E-state index is -0.00478. The van der Waals surface area contributed by atoms with Gasteiger partial charge in [0, 0.05) is 6.54 Å². The van der Waals surface area contributed by atoms with E-state index in [2.05, 4.69) is 17.5 Å². The number of hydrogen-bond donors (Lipinski definition) is 1. The van der Waals surface area contributed by atoms with Gasteiger partial charge in [0.2, 0.25) is 0 Å². The second kappa shape index (κ2) is 6.86. The minimum Gasteiger partial charge on any atom is -0.489 e. The SMILES string of the molecule is CCC(CC#N)Oc1cccc(CNC)c1. The van der Waals surface area contributed by atoms with Crippen molar-refractivity contribution in [1.82, 2.24) is 5.32 Å². The molecule has 0 aliphatic rings. The first-order chi connectivity index (χ1) is 7.80. The molecule has 0 amide bonds. The van der Waals surface area contributed by atoms with Gasteiger partial charge in [-0.3, -0.25) is 0 Å². The highest BCUT2D eigenvalue weighted by Gasteiger charge is 2.07. The van der Waals surface area contributed by atoms with E-state index in [0.717, 1.165) is 18.7 Å². The first-order valence-electron chi connectivity index (χ1n) is 5.57. The summed E-state index contributed by atoms with van der Waals surface area (Å²) in [7, 11) is 1.91. The molecule has 1 rings (SSSR count). The van der Waals surface area contributed by atoms with Crippen molar-refractivity contribution in [3.05, 3.63) is 29.8 Å². The fraction of sp³-hybridized carbons (Fsp3) is 0.462. The van der Waals surface area contributed by atoms with Crippen molar-refractivity contribution in [3.8, 4) is 11.8 Å². The number of rotatable bonds is 6. The molecule has 1 atom stereocenters. The Bertz CT molecular complexity index is 357. The Balaban J connectivity index is 2.65. The average Bonchev–Trinajstić information content (AvgIpc) is 2.29. The highest BCUT2D eigenvalue weighted by Crippen LogP contribution is 2.17. The molecule has 0 bridgehead atoms. The van der Waals surface area contributed by atoms with Gasteiger partial charge in [-0.05, 0) is 31.2 Å². The maximum atomic E-state index is 8.64. The summed E-state index contributed by atoms with van der Waals surface area (Å²) in [5.41, 5.74) is 1.19. The predicted octanol–water partition coefficient (Wildman–Crippen LogP) is 2.48. The van der Waals surface area contributed by atoms with Crippen LogP contribution in [0.1, 0.15) is 25.3 Å². The lowest BCUT2D eigenvalue weighted by Gasteiger charge is -2.15. The molecule has 3 heteroatoms. The van der Waals surface area contributed by atoms with Crippen LogP contribution in [0.3, 0.4) is 0 Å². The third-order valence-corrected chi connectivity index (χ3v) is 2.36. The second-order valence-electron chi connectivity index (χ2n) is 3.69. The molecule has 0 fully saturated rings. The molecule has 0 saturated carbocycles. The topological polar surface area (TPSA) is 45.0 Å². The summed E-state index contributed by atoms with van der Waals surface area (Å²) < 4.78 is 5.74. The molecular formula is C13H18N2O. The molecular weight excluding hydrogens is 200 g/mol. The molecule has 0 spiro atoms. The zero-order valence-electron chi connectivity index (χ0n) is 9.86. The maximum absolute atomic E-state index is 8.64. The third-order valence-electron chi connectivity index (χ3n) is 2.36. The second-order valence-corrected chi connectivity index (χ2v) is 3.69. The Morgan fingerprint density at radius 3 is 2.94 bits per heavy atom. The van der Waals surface area contributed by atoms with E-state index in [0.29, 0.717) is 6.42 Å². The summed E-state index contributed by atoms with van der Waals surface area (Å²) in [6.07, 6.45) is 1.28. The van der Waals surface area contributed by atoms with Gasteiger partial charge in [0.25, 0.3) is 0 Å². The van der Waals surface area contributed by atoms with Gasteiger partial charge in [0.1, 0.15) is 11.9 Å². The standard InChI is InChI=1S/C13H18N2O/c1-3-12(7-8-14)16-13-6-4-5-11(9-13)10-15-2/h4-6,9,12,15H,3,7,10H2,1-2H3. The van der Waals surface area contributed by atoms with Crippen molar-refractivity contribution in [2.45, 2.75) is 32.4 Å². The zero-order valence-corrected chi connectivity index (χ0v) is 9.86. The number of hydrogen-bond acceptors (Lipinski definition) is 3. The van der Waals surface area contributed by atoms with E-state index in [1.807, 2.05) is 32.2 Å². The predicted molar refractivity (Wildman–Crippen MR) is 64.1 cm³/mol. The van der Waals surface area contributed by atoms with E-state index in [4.69, 9.17) is 10.00 Å². The molecule has 0 aliphatic carbocycles. The van der Waals surface area contributed by atoms with Gasteiger partial charge in [-0.25, -0.2) is 0 Å². The molecule has 0 aliphatic heterocycles. The van der Waals surface area contributed by atoms with E-state index < -0.39 is 0 Å². The molecule has 86 valence electrons. The van der Waals surface area contributed by atoms with Crippen LogP contribution >= 0.6 is 0 Å². The summed E-state index contributed by atoms with van der Waals surface area (Å²) >= 11 is 0. The monoisotopic (exact) mass is 218 g/mol. The largest absolute Gasteiger partial charge is 0.489 e. The Kier molecular flexibility index (Phi) is 5.38. The smallest absolute Gasteiger partial charge is 0.120 e. The Morgan fingerprint density at radius 1 is 1.50 bits per heavy atom. The lowest BCUT2D eigenvalue weighted by Crippen LogP contribution is -2.14. The highest BCUT2D eigenvalue weighted by molar-refractivity contribution is 5.28. The van der Waals surface area contributed by atoms with Gasteiger partial charge in [0.05, 0.1) is 12.5 Å². The van der Waals surface area contributed by atoms with Crippen LogP contribution in [0.4, 0.5) is 0 Å². The zero-order chi connectivity index (χ0) is 11.8. The molecule has 0 heterocycles. The number of nitrogens with one attached hydrogen (secondary N) is 1. The summed E-state index contributed by atoms with van der Waals surface area (Å²) in [6.45, 7) is 2.85. The van der Waals surface area contributed by atoms with Crippen LogP contribution < -0.4 is 10.1 Å². The quantitative estimate of drug-likeness (QED) is 0.797. The van der Waals surface area contributed by atoms with Gasteiger partial charge < -0.3 is 10.1 Å². The number of benzene rings is 1. The molecule has 1 aromatic rings. The van der Waals surface area contributed by atoms with Crippen LogP contribution in [-0.4, -0.2) is 13.2 Å². The van der Waals surface area contributed by atoms with E-state index in [1.165, 1.54) is 5.56 Å². The Labute approximate surface area is 97.0 Å². The summed E-state index contributed by atoms with van der Waals surface area (Å²) in [4.78, 5) is 0. The van der Waals surface area contributed by atoms with Crippen molar-refractivity contribution in [1.29, 1.82) is 5.26 Å². The van der Waals surface area contributed by atoms with E-state index in [9.17, 15) is 0 Å². The summed E-state index contributed by atoms with van der Waals surface area (Å²) in [5, 5.41) is 11.7. The normalized spacial score (nSPS) is 11.8. The van der Waals surface area contributed by atoms with Crippen LogP contribution in [0.2, 0.25) is 0 Å². The van der Waals surface area contributed by atoms with Crippen LogP contribution in [0.5, 0.6) is 5.75 Å². The minimum absolute atomic E-state index is 0.00478. The first-order valence-corrected chi connectivity index (χ1v) is 5.57. The van der Waals surface area contributed by atoms with Crippen LogP contribution in [-0.2, 0) is 6.54 Å². The average molecular weight is 218 g/mol. The van der Waals surface area contributed by atoms with Crippen molar-refractivity contribution < 1.29 is 4.74 Å². The molecule has 1 aromatic carbocycles. The van der Waals surface area contributed by atoms with E-state index in [-0.39, 0.29) is 6.10 Å². The molecule has 3 nitrogen and oxygen atoms in total. The van der Waals surface area contributed by atoms with Crippen LogP contribution in [0.25, 0.3) is 0 Å². The maximum Gasteiger partial charge on any atom is 0.120 e. The first kappa shape index (κ1) is 12.5. The van der Waals surface area contributed by atoms with E-state index in [1.54, 1.807) is 0 Å².